The molecule has 0 aliphatic carbocycles. The van der Waals surface area contributed by atoms with Crippen molar-refractivity contribution in [2.75, 3.05) is 13.2 Å². The minimum atomic E-state index is -0.142. The number of nitrogens with zero attached hydrogens (tertiary/aromatic N) is 2. The first-order chi connectivity index (χ1) is 8.65. The van der Waals surface area contributed by atoms with Crippen molar-refractivity contribution in [2.45, 2.75) is 46.2 Å². The van der Waals surface area contributed by atoms with Crippen LogP contribution in [0.1, 0.15) is 33.6 Å². The summed E-state index contributed by atoms with van der Waals surface area (Å²) >= 11 is 0. The number of aryl methyl sites for hydroxylation is 1. The molecule has 0 spiro atoms. The zero-order chi connectivity index (χ0) is 13.4. The fraction of sp³-hybridized carbons (Fsp3) is 0.692. The van der Waals surface area contributed by atoms with Crippen LogP contribution in [0.4, 0.5) is 0 Å². The molecule has 0 aliphatic rings. The van der Waals surface area contributed by atoms with E-state index < -0.39 is 0 Å². The maximum absolute atomic E-state index is 11.9. The first-order valence-corrected chi connectivity index (χ1v) is 6.56. The molecule has 5 heteroatoms. The molecule has 1 N–H and O–H groups in total. The third-order valence-corrected chi connectivity index (χ3v) is 2.46. The standard InChI is InChI=1S/C13H23N3O2/c1-4-8-16-9-7-15-12(13(16)17)18-10-5-6-14-11(2)3/h7,9,11,14H,4-6,8,10H2,1-3H3. The van der Waals surface area contributed by atoms with Gasteiger partial charge >= 0.3 is 5.56 Å². The minimum Gasteiger partial charge on any atom is -0.474 e. The number of rotatable bonds is 8. The summed E-state index contributed by atoms with van der Waals surface area (Å²) < 4.78 is 7.05. The average Bonchev–Trinajstić information content (AvgIpc) is 2.33. The van der Waals surface area contributed by atoms with Crippen LogP contribution in [-0.2, 0) is 6.54 Å². The van der Waals surface area contributed by atoms with Gasteiger partial charge in [0.2, 0.25) is 0 Å². The lowest BCUT2D eigenvalue weighted by Crippen LogP contribution is -2.26. The molecule has 0 fully saturated rings. The molecule has 5 nitrogen and oxygen atoms in total. The van der Waals surface area contributed by atoms with Gasteiger partial charge in [-0.2, -0.15) is 0 Å². The highest BCUT2D eigenvalue weighted by Crippen LogP contribution is 1.98. The van der Waals surface area contributed by atoms with Crippen molar-refractivity contribution in [3.8, 4) is 5.88 Å². The molecule has 0 saturated carbocycles. The van der Waals surface area contributed by atoms with Gasteiger partial charge in [-0.3, -0.25) is 4.79 Å². The van der Waals surface area contributed by atoms with Gasteiger partial charge in [0.25, 0.3) is 5.88 Å². The number of hydrogen-bond acceptors (Lipinski definition) is 4. The zero-order valence-electron chi connectivity index (χ0n) is 11.5. The Labute approximate surface area is 108 Å². The number of ether oxygens (including phenoxy) is 1. The SMILES string of the molecule is CCCn1ccnc(OCCCNC(C)C)c1=O. The Hall–Kier alpha value is -1.36. The van der Waals surface area contributed by atoms with Crippen LogP contribution in [0.2, 0.25) is 0 Å². The van der Waals surface area contributed by atoms with E-state index in [1.54, 1.807) is 17.0 Å². The quantitative estimate of drug-likeness (QED) is 0.712. The first-order valence-electron chi connectivity index (χ1n) is 6.56. The summed E-state index contributed by atoms with van der Waals surface area (Å²) in [5, 5.41) is 3.29. The molecule has 0 atom stereocenters. The first kappa shape index (κ1) is 14.7. The molecule has 0 unspecified atom stereocenters. The van der Waals surface area contributed by atoms with Crippen molar-refractivity contribution < 1.29 is 4.74 Å². The van der Waals surface area contributed by atoms with E-state index in [-0.39, 0.29) is 11.4 Å². The summed E-state index contributed by atoms with van der Waals surface area (Å²) in [6.45, 7) is 8.33. The fourth-order valence-electron chi connectivity index (χ4n) is 1.58. The highest BCUT2D eigenvalue weighted by molar-refractivity contribution is 5.04. The summed E-state index contributed by atoms with van der Waals surface area (Å²) in [4.78, 5) is 15.9. The Bertz CT molecular complexity index is 401. The molecular weight excluding hydrogens is 230 g/mol. The molecule has 1 aromatic heterocycles. The maximum Gasteiger partial charge on any atom is 0.313 e. The van der Waals surface area contributed by atoms with E-state index in [2.05, 4.69) is 24.1 Å². The lowest BCUT2D eigenvalue weighted by molar-refractivity contribution is 0.287. The normalized spacial score (nSPS) is 10.9. The van der Waals surface area contributed by atoms with Crippen molar-refractivity contribution >= 4 is 0 Å². The molecule has 0 radical (unpaired) electrons. The average molecular weight is 253 g/mol. The molecule has 0 aromatic carbocycles. The van der Waals surface area contributed by atoms with E-state index in [4.69, 9.17) is 4.74 Å². The van der Waals surface area contributed by atoms with Crippen LogP contribution >= 0.6 is 0 Å². The lowest BCUT2D eigenvalue weighted by atomic mass is 10.3. The van der Waals surface area contributed by atoms with Crippen molar-refractivity contribution in [3.63, 3.8) is 0 Å². The van der Waals surface area contributed by atoms with Crippen LogP contribution in [0.15, 0.2) is 17.2 Å². The predicted molar refractivity (Wildman–Crippen MR) is 72.0 cm³/mol. The Balaban J connectivity index is 2.42. The van der Waals surface area contributed by atoms with Crippen LogP contribution in [0.3, 0.4) is 0 Å². The van der Waals surface area contributed by atoms with Crippen molar-refractivity contribution in [2.24, 2.45) is 0 Å². The Morgan fingerprint density at radius 1 is 1.50 bits per heavy atom. The van der Waals surface area contributed by atoms with E-state index in [9.17, 15) is 4.79 Å². The van der Waals surface area contributed by atoms with Crippen LogP contribution in [0.25, 0.3) is 0 Å². The Morgan fingerprint density at radius 3 is 2.94 bits per heavy atom. The Morgan fingerprint density at radius 2 is 2.28 bits per heavy atom. The van der Waals surface area contributed by atoms with Gasteiger partial charge in [-0.15, -0.1) is 0 Å². The maximum atomic E-state index is 11.9. The van der Waals surface area contributed by atoms with Gasteiger partial charge in [-0.25, -0.2) is 4.98 Å². The number of hydrogen-bond donors (Lipinski definition) is 1. The van der Waals surface area contributed by atoms with Gasteiger partial charge in [-0.1, -0.05) is 20.8 Å². The van der Waals surface area contributed by atoms with E-state index in [1.807, 2.05) is 6.92 Å². The predicted octanol–water partition coefficient (Wildman–Crippen LogP) is 1.42. The second kappa shape index (κ2) is 7.87. The monoisotopic (exact) mass is 253 g/mol. The van der Waals surface area contributed by atoms with Crippen LogP contribution in [-0.4, -0.2) is 28.7 Å². The van der Waals surface area contributed by atoms with Gasteiger partial charge in [0, 0.05) is 25.0 Å². The second-order valence-corrected chi connectivity index (χ2v) is 4.54. The largest absolute Gasteiger partial charge is 0.474 e. The number of aromatic nitrogens is 2. The molecule has 0 aliphatic heterocycles. The zero-order valence-corrected chi connectivity index (χ0v) is 11.5. The fourth-order valence-corrected chi connectivity index (χ4v) is 1.58. The molecular formula is C13H23N3O2. The highest BCUT2D eigenvalue weighted by Gasteiger charge is 2.05. The van der Waals surface area contributed by atoms with Gasteiger partial charge < -0.3 is 14.6 Å². The minimum absolute atomic E-state index is 0.142. The van der Waals surface area contributed by atoms with E-state index in [1.165, 1.54) is 0 Å². The van der Waals surface area contributed by atoms with Gasteiger partial charge in [-0.05, 0) is 19.4 Å². The Kier molecular flexibility index (Phi) is 6.43. The van der Waals surface area contributed by atoms with Gasteiger partial charge in [0.1, 0.15) is 0 Å². The molecule has 102 valence electrons. The summed E-state index contributed by atoms with van der Waals surface area (Å²) in [5.41, 5.74) is -0.142. The third-order valence-electron chi connectivity index (χ3n) is 2.46. The van der Waals surface area contributed by atoms with Crippen LogP contribution < -0.4 is 15.6 Å². The van der Waals surface area contributed by atoms with Gasteiger partial charge in [0.05, 0.1) is 6.61 Å². The lowest BCUT2D eigenvalue weighted by Gasteiger charge is -2.09. The summed E-state index contributed by atoms with van der Waals surface area (Å²) in [5.74, 6) is 0.204. The summed E-state index contributed by atoms with van der Waals surface area (Å²) in [6.07, 6.45) is 5.08. The molecule has 1 heterocycles. The van der Waals surface area contributed by atoms with Crippen molar-refractivity contribution in [1.29, 1.82) is 0 Å². The second-order valence-electron chi connectivity index (χ2n) is 4.54. The van der Waals surface area contributed by atoms with Crippen molar-refractivity contribution in [1.82, 2.24) is 14.9 Å². The highest BCUT2D eigenvalue weighted by atomic mass is 16.5. The van der Waals surface area contributed by atoms with Crippen LogP contribution in [0.5, 0.6) is 5.88 Å². The topological polar surface area (TPSA) is 56.1 Å². The molecule has 18 heavy (non-hydrogen) atoms. The van der Waals surface area contributed by atoms with Crippen molar-refractivity contribution in [3.05, 3.63) is 22.7 Å². The smallest absolute Gasteiger partial charge is 0.313 e. The molecule has 1 rings (SSSR count). The summed E-state index contributed by atoms with van der Waals surface area (Å²) in [6, 6.07) is 0.474. The molecule has 0 saturated heterocycles. The van der Waals surface area contributed by atoms with E-state index in [0.29, 0.717) is 19.2 Å². The van der Waals surface area contributed by atoms with Crippen LogP contribution in [0, 0.1) is 0 Å². The number of nitrogens with one attached hydrogen (secondary N) is 1. The molecule has 1 aromatic rings. The molecule has 0 bridgehead atoms. The third kappa shape index (κ3) is 4.87. The van der Waals surface area contributed by atoms with E-state index in [0.717, 1.165) is 19.4 Å². The summed E-state index contributed by atoms with van der Waals surface area (Å²) in [7, 11) is 0. The van der Waals surface area contributed by atoms with E-state index >= 15 is 0 Å². The van der Waals surface area contributed by atoms with Gasteiger partial charge in [0.15, 0.2) is 0 Å². The molecule has 0 amide bonds.